The van der Waals surface area contributed by atoms with Crippen molar-refractivity contribution in [3.8, 4) is 0 Å². The second-order valence-corrected chi connectivity index (χ2v) is 7.55. The van der Waals surface area contributed by atoms with Gasteiger partial charge >= 0.3 is 5.97 Å². The van der Waals surface area contributed by atoms with Crippen molar-refractivity contribution in [1.29, 1.82) is 0 Å². The van der Waals surface area contributed by atoms with E-state index in [1.807, 2.05) is 23.7 Å². The van der Waals surface area contributed by atoms with Gasteiger partial charge in [-0.25, -0.2) is 9.78 Å². The number of esters is 1. The lowest BCUT2D eigenvalue weighted by molar-refractivity contribution is -0.144. The molecule has 2 aromatic rings. The highest BCUT2D eigenvalue weighted by Gasteiger charge is 2.16. The zero-order chi connectivity index (χ0) is 21.4. The van der Waals surface area contributed by atoms with Crippen molar-refractivity contribution in [2.24, 2.45) is 7.05 Å². The van der Waals surface area contributed by atoms with E-state index in [1.165, 1.54) is 7.11 Å². The standard InChI is InChI=1S/C20H28Cl2N4O3/c1-14(20(28)29-3)23-19(27)6-4-5-18-24-16-13-15(7-8-17(16)25(18)2)26(11-9-21)12-10-22/h7-8,13-14H,4-6,9-12H2,1-3H3,(H,23,27)/t14-/m0/s1. The van der Waals surface area contributed by atoms with E-state index in [1.54, 1.807) is 6.92 Å². The fourth-order valence-corrected chi connectivity index (χ4v) is 3.60. The second-order valence-electron chi connectivity index (χ2n) is 6.79. The summed E-state index contributed by atoms with van der Waals surface area (Å²) in [5.74, 6) is 1.33. The highest BCUT2D eigenvalue weighted by molar-refractivity contribution is 6.18. The molecule has 1 heterocycles. The van der Waals surface area contributed by atoms with Crippen molar-refractivity contribution in [1.82, 2.24) is 14.9 Å². The minimum atomic E-state index is -0.648. The summed E-state index contributed by atoms with van der Waals surface area (Å²) in [5, 5.41) is 2.63. The molecule has 160 valence electrons. The molecule has 0 fully saturated rings. The van der Waals surface area contributed by atoms with Crippen molar-refractivity contribution >= 4 is 51.8 Å². The molecule has 2 rings (SSSR count). The van der Waals surface area contributed by atoms with Gasteiger partial charge in [0.25, 0.3) is 0 Å². The fraction of sp³-hybridized carbons (Fsp3) is 0.550. The topological polar surface area (TPSA) is 76.5 Å². The number of hydrogen-bond acceptors (Lipinski definition) is 5. The van der Waals surface area contributed by atoms with Gasteiger partial charge in [0.2, 0.25) is 5.91 Å². The first kappa shape index (κ1) is 23.3. The van der Waals surface area contributed by atoms with E-state index in [-0.39, 0.29) is 5.91 Å². The lowest BCUT2D eigenvalue weighted by Gasteiger charge is -2.22. The van der Waals surface area contributed by atoms with Crippen LogP contribution in [0.4, 0.5) is 5.69 Å². The Labute approximate surface area is 181 Å². The van der Waals surface area contributed by atoms with Crippen molar-refractivity contribution in [3.05, 3.63) is 24.0 Å². The molecule has 0 aliphatic carbocycles. The van der Waals surface area contributed by atoms with Crippen LogP contribution in [-0.4, -0.2) is 59.4 Å². The van der Waals surface area contributed by atoms with Crippen LogP contribution in [-0.2, 0) is 27.8 Å². The van der Waals surface area contributed by atoms with Gasteiger partial charge < -0.3 is 19.5 Å². The van der Waals surface area contributed by atoms with Gasteiger partial charge in [0.15, 0.2) is 0 Å². The summed E-state index contributed by atoms with van der Waals surface area (Å²) < 4.78 is 6.65. The number of alkyl halides is 2. The maximum absolute atomic E-state index is 12.0. The Kier molecular flexibility index (Phi) is 9.04. The van der Waals surface area contributed by atoms with Gasteiger partial charge in [-0.1, -0.05) is 0 Å². The maximum atomic E-state index is 12.0. The third kappa shape index (κ3) is 6.24. The summed E-state index contributed by atoms with van der Waals surface area (Å²) in [7, 11) is 3.27. The molecule has 9 heteroatoms. The first-order chi connectivity index (χ1) is 13.9. The molecular formula is C20H28Cl2N4O3. The van der Waals surface area contributed by atoms with Crippen molar-refractivity contribution in [2.75, 3.05) is 36.9 Å². The Morgan fingerprint density at radius 3 is 2.59 bits per heavy atom. The highest BCUT2D eigenvalue weighted by Crippen LogP contribution is 2.23. The summed E-state index contributed by atoms with van der Waals surface area (Å²) in [6.07, 6.45) is 1.61. The molecule has 29 heavy (non-hydrogen) atoms. The fourth-order valence-electron chi connectivity index (χ4n) is 3.19. The zero-order valence-electron chi connectivity index (χ0n) is 17.1. The Bertz CT molecular complexity index is 834. The number of anilines is 1. The van der Waals surface area contributed by atoms with E-state index in [0.29, 0.717) is 31.0 Å². The van der Waals surface area contributed by atoms with Gasteiger partial charge in [-0.3, -0.25) is 4.79 Å². The van der Waals surface area contributed by atoms with E-state index in [2.05, 4.69) is 21.0 Å². The number of fused-ring (bicyclic) bond motifs is 1. The molecule has 0 bridgehead atoms. The molecule has 1 atom stereocenters. The average Bonchev–Trinajstić information content (AvgIpc) is 3.02. The number of imidazole rings is 1. The predicted molar refractivity (Wildman–Crippen MR) is 117 cm³/mol. The van der Waals surface area contributed by atoms with Crippen molar-refractivity contribution < 1.29 is 14.3 Å². The monoisotopic (exact) mass is 442 g/mol. The summed E-state index contributed by atoms with van der Waals surface area (Å²) in [6, 6.07) is 5.49. The maximum Gasteiger partial charge on any atom is 0.328 e. The van der Waals surface area contributed by atoms with Crippen LogP contribution in [0, 0.1) is 0 Å². The van der Waals surface area contributed by atoms with Crippen LogP contribution in [0.5, 0.6) is 0 Å². The number of nitrogens with one attached hydrogen (secondary N) is 1. The zero-order valence-corrected chi connectivity index (χ0v) is 18.6. The van der Waals surface area contributed by atoms with E-state index in [0.717, 1.165) is 35.6 Å². The van der Waals surface area contributed by atoms with Gasteiger partial charge in [0.05, 0.1) is 18.1 Å². The smallest absolute Gasteiger partial charge is 0.328 e. The van der Waals surface area contributed by atoms with Gasteiger partial charge in [0, 0.05) is 50.4 Å². The van der Waals surface area contributed by atoms with E-state index >= 15 is 0 Å². The van der Waals surface area contributed by atoms with Crippen molar-refractivity contribution in [2.45, 2.75) is 32.2 Å². The molecular weight excluding hydrogens is 415 g/mol. The summed E-state index contributed by atoms with van der Waals surface area (Å²) in [6.45, 7) is 3.04. The van der Waals surface area contributed by atoms with E-state index in [9.17, 15) is 9.59 Å². The second kappa shape index (κ2) is 11.3. The molecule has 7 nitrogen and oxygen atoms in total. The lowest BCUT2D eigenvalue weighted by Crippen LogP contribution is -2.39. The predicted octanol–water partition coefficient (Wildman–Crippen LogP) is 2.86. The van der Waals surface area contributed by atoms with Gasteiger partial charge in [-0.2, -0.15) is 0 Å². The third-order valence-electron chi connectivity index (χ3n) is 4.77. The molecule has 0 aliphatic heterocycles. The molecule has 1 aromatic carbocycles. The van der Waals surface area contributed by atoms with Crippen LogP contribution in [0.1, 0.15) is 25.6 Å². The normalized spacial score (nSPS) is 12.0. The van der Waals surface area contributed by atoms with Gasteiger partial charge in [-0.15, -0.1) is 23.2 Å². The molecule has 0 saturated carbocycles. The van der Waals surface area contributed by atoms with Crippen molar-refractivity contribution in [3.63, 3.8) is 0 Å². The number of carbonyl (C=O) groups excluding carboxylic acids is 2. The number of nitrogens with zero attached hydrogens (tertiary/aromatic N) is 3. The van der Waals surface area contributed by atoms with Crippen LogP contribution in [0.2, 0.25) is 0 Å². The highest BCUT2D eigenvalue weighted by atomic mass is 35.5. The largest absolute Gasteiger partial charge is 0.467 e. The third-order valence-corrected chi connectivity index (χ3v) is 5.11. The van der Waals surface area contributed by atoms with Crippen LogP contribution in [0.15, 0.2) is 18.2 Å². The number of halogens is 2. The molecule has 1 amide bonds. The first-order valence-corrected chi connectivity index (χ1v) is 10.7. The summed E-state index contributed by atoms with van der Waals surface area (Å²) in [4.78, 5) is 30.2. The Balaban J connectivity index is 2.02. The number of aromatic nitrogens is 2. The molecule has 0 unspecified atom stereocenters. The Morgan fingerprint density at radius 2 is 1.97 bits per heavy atom. The van der Waals surface area contributed by atoms with Crippen LogP contribution >= 0.6 is 23.2 Å². The Morgan fingerprint density at radius 1 is 1.28 bits per heavy atom. The van der Waals surface area contributed by atoms with Gasteiger partial charge in [-0.05, 0) is 31.5 Å². The van der Waals surface area contributed by atoms with Gasteiger partial charge in [0.1, 0.15) is 11.9 Å². The van der Waals surface area contributed by atoms with Crippen LogP contribution in [0.25, 0.3) is 11.0 Å². The number of benzene rings is 1. The van der Waals surface area contributed by atoms with Crippen LogP contribution in [0.3, 0.4) is 0 Å². The molecule has 0 aliphatic rings. The molecule has 1 aromatic heterocycles. The number of methoxy groups -OCH3 is 1. The number of hydrogen-bond donors (Lipinski definition) is 1. The summed E-state index contributed by atoms with van der Waals surface area (Å²) in [5.41, 5.74) is 2.97. The molecule has 0 saturated heterocycles. The Hall–Kier alpha value is -1.99. The number of amides is 1. The molecule has 0 radical (unpaired) electrons. The number of carbonyl (C=O) groups is 2. The number of rotatable bonds is 11. The minimum Gasteiger partial charge on any atom is -0.467 e. The first-order valence-electron chi connectivity index (χ1n) is 9.60. The van der Waals surface area contributed by atoms with Crippen LogP contribution < -0.4 is 10.2 Å². The quantitative estimate of drug-likeness (QED) is 0.427. The summed E-state index contributed by atoms with van der Waals surface area (Å²) >= 11 is 11.8. The SMILES string of the molecule is COC(=O)[C@H](C)NC(=O)CCCc1nc2cc(N(CCCl)CCCl)ccc2n1C. The lowest BCUT2D eigenvalue weighted by atomic mass is 10.2. The van der Waals surface area contributed by atoms with E-state index in [4.69, 9.17) is 28.2 Å². The molecule has 1 N–H and O–H groups in total. The number of ether oxygens (including phenoxy) is 1. The minimum absolute atomic E-state index is 0.179. The molecule has 0 spiro atoms. The average molecular weight is 443 g/mol. The number of aryl methyl sites for hydroxylation is 2. The van der Waals surface area contributed by atoms with E-state index < -0.39 is 12.0 Å².